The highest BCUT2D eigenvalue weighted by Gasteiger charge is 2.04. The van der Waals surface area contributed by atoms with E-state index in [9.17, 15) is 5.11 Å². The molecular formula is C15H17NO. The van der Waals surface area contributed by atoms with Crippen LogP contribution in [0, 0.1) is 6.92 Å². The van der Waals surface area contributed by atoms with Crippen LogP contribution in [0.5, 0.6) is 5.75 Å². The Balaban J connectivity index is 2.08. The maximum Gasteiger partial charge on any atom is 0.115 e. The minimum Gasteiger partial charge on any atom is -0.508 e. The Kier molecular flexibility index (Phi) is 3.33. The number of anilines is 1. The van der Waals surface area contributed by atoms with Crippen molar-refractivity contribution in [3.8, 4) is 5.75 Å². The first-order valence-corrected chi connectivity index (χ1v) is 5.77. The van der Waals surface area contributed by atoms with Crippen molar-refractivity contribution >= 4 is 5.69 Å². The van der Waals surface area contributed by atoms with Crippen LogP contribution < -0.4 is 5.32 Å². The number of rotatable bonds is 3. The minimum atomic E-state index is 0.221. The summed E-state index contributed by atoms with van der Waals surface area (Å²) in [5.74, 6) is 0.302. The summed E-state index contributed by atoms with van der Waals surface area (Å²) in [5, 5.41) is 12.7. The molecule has 2 rings (SSSR count). The molecule has 2 nitrogen and oxygen atoms in total. The minimum absolute atomic E-state index is 0.221. The lowest BCUT2D eigenvalue weighted by Gasteiger charge is -2.15. The van der Waals surface area contributed by atoms with Crippen molar-refractivity contribution < 1.29 is 5.11 Å². The Bertz CT molecular complexity index is 473. The predicted molar refractivity (Wildman–Crippen MR) is 71.3 cm³/mol. The third-order valence-corrected chi connectivity index (χ3v) is 2.83. The van der Waals surface area contributed by atoms with Gasteiger partial charge in [-0.2, -0.15) is 0 Å². The lowest BCUT2D eigenvalue weighted by molar-refractivity contribution is 0.475. The summed E-state index contributed by atoms with van der Waals surface area (Å²) >= 11 is 0. The number of nitrogens with one attached hydrogen (secondary N) is 1. The first-order valence-electron chi connectivity index (χ1n) is 5.77. The second-order valence-electron chi connectivity index (χ2n) is 4.32. The van der Waals surface area contributed by atoms with E-state index in [1.807, 2.05) is 12.1 Å². The highest BCUT2D eigenvalue weighted by molar-refractivity contribution is 5.46. The van der Waals surface area contributed by atoms with Gasteiger partial charge in [-0.05, 0) is 43.7 Å². The van der Waals surface area contributed by atoms with Crippen LogP contribution in [0.2, 0.25) is 0 Å². The third-order valence-electron chi connectivity index (χ3n) is 2.83. The van der Waals surface area contributed by atoms with Crippen LogP contribution in [0.4, 0.5) is 5.69 Å². The molecule has 1 unspecified atom stereocenters. The molecule has 2 aromatic rings. The van der Waals surface area contributed by atoms with Crippen molar-refractivity contribution in [3.63, 3.8) is 0 Å². The zero-order chi connectivity index (χ0) is 12.3. The molecule has 0 heterocycles. The molecule has 0 saturated heterocycles. The third kappa shape index (κ3) is 3.00. The van der Waals surface area contributed by atoms with Gasteiger partial charge in [-0.3, -0.25) is 0 Å². The van der Waals surface area contributed by atoms with Crippen LogP contribution in [-0.2, 0) is 0 Å². The highest BCUT2D eigenvalue weighted by Crippen LogP contribution is 2.21. The second-order valence-corrected chi connectivity index (χ2v) is 4.32. The normalized spacial score (nSPS) is 12.1. The van der Waals surface area contributed by atoms with Crippen LogP contribution in [0.3, 0.4) is 0 Å². The standard InChI is InChI=1S/C15H17NO/c1-11-3-7-14(8-4-11)16-12(2)13-5-9-15(17)10-6-13/h3-10,12,16-17H,1-2H3. The Hall–Kier alpha value is -1.96. The maximum atomic E-state index is 9.24. The molecule has 0 radical (unpaired) electrons. The monoisotopic (exact) mass is 227 g/mol. The molecule has 88 valence electrons. The molecule has 0 amide bonds. The molecule has 1 atom stereocenters. The van der Waals surface area contributed by atoms with Crippen molar-refractivity contribution in [3.05, 3.63) is 59.7 Å². The van der Waals surface area contributed by atoms with E-state index in [1.54, 1.807) is 12.1 Å². The van der Waals surface area contributed by atoms with Gasteiger partial charge in [0.15, 0.2) is 0 Å². The fourth-order valence-corrected chi connectivity index (χ4v) is 1.75. The van der Waals surface area contributed by atoms with Gasteiger partial charge in [0, 0.05) is 11.7 Å². The molecule has 0 bridgehead atoms. The second kappa shape index (κ2) is 4.91. The zero-order valence-corrected chi connectivity index (χ0v) is 10.1. The van der Waals surface area contributed by atoms with E-state index < -0.39 is 0 Å². The molecule has 0 spiro atoms. The van der Waals surface area contributed by atoms with E-state index in [-0.39, 0.29) is 6.04 Å². The number of aryl methyl sites for hydroxylation is 1. The Morgan fingerprint density at radius 2 is 1.53 bits per heavy atom. The zero-order valence-electron chi connectivity index (χ0n) is 10.1. The fourth-order valence-electron chi connectivity index (χ4n) is 1.75. The summed E-state index contributed by atoms with van der Waals surface area (Å²) in [5.41, 5.74) is 3.52. The maximum absolute atomic E-state index is 9.24. The van der Waals surface area contributed by atoms with Crippen LogP contribution in [-0.4, -0.2) is 5.11 Å². The van der Waals surface area contributed by atoms with Gasteiger partial charge in [-0.25, -0.2) is 0 Å². The van der Waals surface area contributed by atoms with Crippen LogP contribution in [0.15, 0.2) is 48.5 Å². The summed E-state index contributed by atoms with van der Waals surface area (Å²) in [7, 11) is 0. The summed E-state index contributed by atoms with van der Waals surface area (Å²) in [6, 6.07) is 15.8. The predicted octanol–water partition coefficient (Wildman–Crippen LogP) is 3.87. The van der Waals surface area contributed by atoms with Crippen molar-refractivity contribution in [2.75, 3.05) is 5.32 Å². The van der Waals surface area contributed by atoms with E-state index in [0.717, 1.165) is 11.3 Å². The van der Waals surface area contributed by atoms with Crippen LogP contribution >= 0.6 is 0 Å². The molecule has 0 aromatic heterocycles. The molecular weight excluding hydrogens is 210 g/mol. The van der Waals surface area contributed by atoms with Gasteiger partial charge in [0.25, 0.3) is 0 Å². The quantitative estimate of drug-likeness (QED) is 0.834. The average Bonchev–Trinajstić information content (AvgIpc) is 2.33. The van der Waals surface area contributed by atoms with Crippen molar-refractivity contribution in [1.82, 2.24) is 0 Å². The molecule has 2 heteroatoms. The molecule has 0 aliphatic rings. The SMILES string of the molecule is Cc1ccc(NC(C)c2ccc(O)cc2)cc1. The first-order chi connectivity index (χ1) is 8.15. The number of hydrogen-bond donors (Lipinski definition) is 2. The van der Waals surface area contributed by atoms with Gasteiger partial charge in [-0.1, -0.05) is 29.8 Å². The highest BCUT2D eigenvalue weighted by atomic mass is 16.3. The van der Waals surface area contributed by atoms with E-state index >= 15 is 0 Å². The van der Waals surface area contributed by atoms with E-state index in [0.29, 0.717) is 5.75 Å². The molecule has 0 fully saturated rings. The van der Waals surface area contributed by atoms with Gasteiger partial charge < -0.3 is 10.4 Å². The van der Waals surface area contributed by atoms with Crippen molar-refractivity contribution in [1.29, 1.82) is 0 Å². The average molecular weight is 227 g/mol. The summed E-state index contributed by atoms with van der Waals surface area (Å²) in [6.45, 7) is 4.18. The number of hydrogen-bond acceptors (Lipinski definition) is 2. The topological polar surface area (TPSA) is 32.3 Å². The van der Waals surface area contributed by atoms with Gasteiger partial charge in [0.2, 0.25) is 0 Å². The number of aromatic hydroxyl groups is 1. The Morgan fingerprint density at radius 1 is 0.941 bits per heavy atom. The molecule has 0 aliphatic heterocycles. The van der Waals surface area contributed by atoms with Crippen LogP contribution in [0.25, 0.3) is 0 Å². The first kappa shape index (κ1) is 11.5. The summed E-state index contributed by atoms with van der Waals surface area (Å²) < 4.78 is 0. The van der Waals surface area contributed by atoms with Gasteiger partial charge >= 0.3 is 0 Å². The number of phenolic OH excluding ortho intramolecular Hbond substituents is 1. The molecule has 0 aliphatic carbocycles. The number of benzene rings is 2. The van der Waals surface area contributed by atoms with Gasteiger partial charge in [-0.15, -0.1) is 0 Å². The van der Waals surface area contributed by atoms with Crippen LogP contribution in [0.1, 0.15) is 24.1 Å². The fraction of sp³-hybridized carbons (Fsp3) is 0.200. The van der Waals surface area contributed by atoms with Gasteiger partial charge in [0.1, 0.15) is 5.75 Å². The molecule has 2 N–H and O–H groups in total. The number of phenols is 1. The van der Waals surface area contributed by atoms with E-state index in [2.05, 4.69) is 43.4 Å². The molecule has 2 aromatic carbocycles. The molecule has 0 saturated carbocycles. The van der Waals surface area contributed by atoms with Crippen molar-refractivity contribution in [2.45, 2.75) is 19.9 Å². The molecule has 17 heavy (non-hydrogen) atoms. The van der Waals surface area contributed by atoms with E-state index in [4.69, 9.17) is 0 Å². The van der Waals surface area contributed by atoms with E-state index in [1.165, 1.54) is 5.56 Å². The Morgan fingerprint density at radius 3 is 2.12 bits per heavy atom. The van der Waals surface area contributed by atoms with Gasteiger partial charge in [0.05, 0.1) is 0 Å². The van der Waals surface area contributed by atoms with Crippen molar-refractivity contribution in [2.24, 2.45) is 0 Å². The lowest BCUT2D eigenvalue weighted by atomic mass is 10.1. The summed E-state index contributed by atoms with van der Waals surface area (Å²) in [4.78, 5) is 0. The largest absolute Gasteiger partial charge is 0.508 e. The smallest absolute Gasteiger partial charge is 0.115 e. The Labute approximate surface area is 102 Å². The lowest BCUT2D eigenvalue weighted by Crippen LogP contribution is -2.06. The summed E-state index contributed by atoms with van der Waals surface area (Å²) in [6.07, 6.45) is 0.